The molecule has 180 valence electrons. The Labute approximate surface area is 213 Å². The highest BCUT2D eigenvalue weighted by atomic mass is 32.1. The smallest absolute Gasteiger partial charge is 0.265 e. The maximum Gasteiger partial charge on any atom is 0.265 e. The van der Waals surface area contributed by atoms with Crippen LogP contribution < -0.4 is 15.0 Å². The van der Waals surface area contributed by atoms with Crippen molar-refractivity contribution in [2.45, 2.75) is 13.0 Å². The number of rotatable bonds is 5. The number of hydrogen-bond acceptors (Lipinski definition) is 5. The van der Waals surface area contributed by atoms with Crippen molar-refractivity contribution in [3.8, 4) is 17.1 Å². The number of nitrogens with one attached hydrogen (secondary N) is 1. The van der Waals surface area contributed by atoms with Crippen molar-refractivity contribution in [3.63, 3.8) is 0 Å². The third-order valence-corrected chi connectivity index (χ3v) is 7.91. The van der Waals surface area contributed by atoms with Gasteiger partial charge < -0.3 is 19.5 Å². The lowest BCUT2D eigenvalue weighted by molar-refractivity contribution is 0.103. The zero-order chi connectivity index (χ0) is 24.6. The molecule has 7 heteroatoms. The number of carbonyl (C=O) groups is 1. The Hall–Kier alpha value is -4.10. The Morgan fingerprint density at radius 1 is 1.03 bits per heavy atom. The van der Waals surface area contributed by atoms with E-state index in [0.29, 0.717) is 0 Å². The Morgan fingerprint density at radius 3 is 2.75 bits per heavy atom. The molecule has 0 radical (unpaired) electrons. The third kappa shape index (κ3) is 4.12. The molecular formula is C29H26N4O2S. The van der Waals surface area contributed by atoms with Gasteiger partial charge in [-0.3, -0.25) is 4.79 Å². The summed E-state index contributed by atoms with van der Waals surface area (Å²) in [6.45, 7) is 1.70. The van der Waals surface area contributed by atoms with Crippen LogP contribution in [-0.2, 0) is 20.0 Å². The summed E-state index contributed by atoms with van der Waals surface area (Å²) in [4.78, 5) is 22.2. The molecule has 0 atom stereocenters. The number of carbonyl (C=O) groups excluding carboxylic acids is 1. The van der Waals surface area contributed by atoms with E-state index in [0.717, 1.165) is 58.2 Å². The van der Waals surface area contributed by atoms with Gasteiger partial charge in [-0.25, -0.2) is 4.98 Å². The minimum Gasteiger partial charge on any atom is -0.497 e. The van der Waals surface area contributed by atoms with Gasteiger partial charge in [0.05, 0.1) is 23.0 Å². The van der Waals surface area contributed by atoms with Crippen LogP contribution in [0.1, 0.15) is 20.1 Å². The van der Waals surface area contributed by atoms with Crippen molar-refractivity contribution in [3.05, 3.63) is 94.2 Å². The number of imidazole rings is 1. The van der Waals surface area contributed by atoms with Gasteiger partial charge in [-0.15, -0.1) is 11.3 Å². The topological polar surface area (TPSA) is 59.4 Å². The molecule has 2 aromatic heterocycles. The van der Waals surface area contributed by atoms with Gasteiger partial charge >= 0.3 is 0 Å². The summed E-state index contributed by atoms with van der Waals surface area (Å²) < 4.78 is 7.41. The second-order valence-corrected chi connectivity index (χ2v) is 10.1. The summed E-state index contributed by atoms with van der Waals surface area (Å²) in [5, 5.41) is 3.00. The molecule has 5 aromatic rings. The van der Waals surface area contributed by atoms with E-state index in [1.807, 2.05) is 48.5 Å². The number of thiophene rings is 1. The molecular weight excluding hydrogens is 468 g/mol. The number of benzene rings is 3. The van der Waals surface area contributed by atoms with Crippen LogP contribution in [0.3, 0.4) is 0 Å². The first-order valence-corrected chi connectivity index (χ1v) is 12.7. The van der Waals surface area contributed by atoms with Crippen molar-refractivity contribution in [1.29, 1.82) is 0 Å². The van der Waals surface area contributed by atoms with Crippen LogP contribution in [0.25, 0.3) is 22.4 Å². The quantitative estimate of drug-likeness (QED) is 0.320. The van der Waals surface area contributed by atoms with Gasteiger partial charge in [-0.2, -0.15) is 0 Å². The van der Waals surface area contributed by atoms with E-state index in [9.17, 15) is 4.79 Å². The molecule has 36 heavy (non-hydrogen) atoms. The van der Waals surface area contributed by atoms with E-state index in [-0.39, 0.29) is 5.91 Å². The molecule has 0 saturated carbocycles. The van der Waals surface area contributed by atoms with E-state index in [1.54, 1.807) is 18.4 Å². The fourth-order valence-electron chi connectivity index (χ4n) is 4.80. The zero-order valence-electron chi connectivity index (χ0n) is 20.2. The van der Waals surface area contributed by atoms with E-state index >= 15 is 0 Å². The van der Waals surface area contributed by atoms with Crippen LogP contribution in [0, 0.1) is 0 Å². The SMILES string of the molecule is COc1cccc(NC(=O)c2cc3c(s2)CCN(c2cccc(-c4nc5ccccc5n4C)c2)C3)c1. The Kier molecular flexibility index (Phi) is 5.70. The van der Waals surface area contributed by atoms with Crippen LogP contribution in [0.15, 0.2) is 78.9 Å². The lowest BCUT2D eigenvalue weighted by atomic mass is 10.1. The van der Waals surface area contributed by atoms with E-state index < -0.39 is 0 Å². The average Bonchev–Trinajstić information content (AvgIpc) is 3.50. The summed E-state index contributed by atoms with van der Waals surface area (Å²) >= 11 is 1.59. The molecule has 6 rings (SSSR count). The van der Waals surface area contributed by atoms with Crippen LogP contribution in [0.2, 0.25) is 0 Å². The molecule has 1 amide bonds. The first kappa shape index (κ1) is 22.4. The van der Waals surface area contributed by atoms with Crippen molar-refractivity contribution >= 4 is 39.7 Å². The lowest BCUT2D eigenvalue weighted by Gasteiger charge is -2.29. The number of anilines is 2. The molecule has 0 aliphatic carbocycles. The van der Waals surface area contributed by atoms with Gasteiger partial charge in [-0.05, 0) is 54.4 Å². The van der Waals surface area contributed by atoms with Crippen LogP contribution in [0.5, 0.6) is 5.75 Å². The first-order chi connectivity index (χ1) is 17.6. The molecule has 1 aliphatic rings. The lowest BCUT2D eigenvalue weighted by Crippen LogP contribution is -2.29. The molecule has 1 N–H and O–H groups in total. The Balaban J connectivity index is 1.22. The molecule has 0 unspecified atom stereocenters. The first-order valence-electron chi connectivity index (χ1n) is 11.9. The van der Waals surface area contributed by atoms with Crippen LogP contribution in [-0.4, -0.2) is 29.1 Å². The van der Waals surface area contributed by atoms with Crippen molar-refractivity contribution in [2.75, 3.05) is 23.9 Å². The number of nitrogens with zero attached hydrogens (tertiary/aromatic N) is 3. The summed E-state index contributed by atoms with van der Waals surface area (Å²) in [6, 6.07) is 26.3. The Morgan fingerprint density at radius 2 is 1.89 bits per heavy atom. The van der Waals surface area contributed by atoms with Gasteiger partial charge in [0.15, 0.2) is 0 Å². The van der Waals surface area contributed by atoms with Gasteiger partial charge in [0, 0.05) is 48.0 Å². The van der Waals surface area contributed by atoms with Crippen molar-refractivity contribution in [1.82, 2.24) is 9.55 Å². The van der Waals surface area contributed by atoms with Crippen LogP contribution in [0.4, 0.5) is 11.4 Å². The molecule has 0 fully saturated rings. The van der Waals surface area contributed by atoms with Gasteiger partial charge in [0.2, 0.25) is 0 Å². The fourth-order valence-corrected chi connectivity index (χ4v) is 5.86. The van der Waals surface area contributed by atoms with E-state index in [4.69, 9.17) is 9.72 Å². The molecule has 1 aliphatic heterocycles. The number of methoxy groups -OCH3 is 1. The summed E-state index contributed by atoms with van der Waals surface area (Å²) in [5.74, 6) is 1.59. The molecule has 0 bridgehead atoms. The number of amides is 1. The molecule has 6 nitrogen and oxygen atoms in total. The summed E-state index contributed by atoms with van der Waals surface area (Å²) in [6.07, 6.45) is 0.920. The Bertz CT molecular complexity index is 1590. The van der Waals surface area contributed by atoms with Crippen LogP contribution >= 0.6 is 11.3 Å². The molecule has 0 spiro atoms. The predicted octanol–water partition coefficient (Wildman–Crippen LogP) is 6.13. The average molecular weight is 495 g/mol. The third-order valence-electron chi connectivity index (χ3n) is 6.67. The fraction of sp³-hybridized carbons (Fsp3) is 0.172. The summed E-state index contributed by atoms with van der Waals surface area (Å²) in [5.41, 5.74) is 6.33. The normalized spacial score (nSPS) is 13.0. The minimum atomic E-state index is -0.0851. The minimum absolute atomic E-state index is 0.0851. The highest BCUT2D eigenvalue weighted by Gasteiger charge is 2.22. The largest absolute Gasteiger partial charge is 0.497 e. The summed E-state index contributed by atoms with van der Waals surface area (Å²) in [7, 11) is 3.68. The number of hydrogen-bond donors (Lipinski definition) is 1. The number of ether oxygens (including phenoxy) is 1. The monoisotopic (exact) mass is 494 g/mol. The number of aryl methyl sites for hydroxylation is 1. The maximum absolute atomic E-state index is 12.9. The van der Waals surface area contributed by atoms with Crippen molar-refractivity contribution < 1.29 is 9.53 Å². The second-order valence-electron chi connectivity index (χ2n) is 8.95. The van der Waals surface area contributed by atoms with Gasteiger partial charge in [0.25, 0.3) is 5.91 Å². The molecule has 3 heterocycles. The van der Waals surface area contributed by atoms with Crippen molar-refractivity contribution in [2.24, 2.45) is 7.05 Å². The maximum atomic E-state index is 12.9. The predicted molar refractivity (Wildman–Crippen MR) is 146 cm³/mol. The molecule has 0 saturated heterocycles. The zero-order valence-corrected chi connectivity index (χ0v) is 21.0. The highest BCUT2D eigenvalue weighted by molar-refractivity contribution is 7.14. The molecule has 3 aromatic carbocycles. The number of para-hydroxylation sites is 2. The number of aromatic nitrogens is 2. The number of fused-ring (bicyclic) bond motifs is 2. The second kappa shape index (κ2) is 9.17. The van der Waals surface area contributed by atoms with E-state index in [2.05, 4.69) is 52.2 Å². The van der Waals surface area contributed by atoms with E-state index in [1.165, 1.54) is 16.1 Å². The van der Waals surface area contributed by atoms with Gasteiger partial charge in [0.1, 0.15) is 11.6 Å². The standard InChI is InChI=1S/C29H26N4O2S/c1-32-25-12-4-3-11-24(25)31-28(32)19-7-5-9-22(15-19)33-14-13-26-20(18-33)16-27(36-26)29(34)30-21-8-6-10-23(17-21)35-2/h3-12,15-17H,13-14,18H2,1-2H3,(H,30,34). The van der Waals surface area contributed by atoms with Gasteiger partial charge in [-0.1, -0.05) is 30.3 Å². The highest BCUT2D eigenvalue weighted by Crippen LogP contribution is 2.33.